The summed E-state index contributed by atoms with van der Waals surface area (Å²) in [5.74, 6) is 0.204. The zero-order chi connectivity index (χ0) is 10.8. The normalized spacial score (nSPS) is 17.2. The van der Waals surface area contributed by atoms with Crippen molar-refractivity contribution in [3.63, 3.8) is 0 Å². The van der Waals surface area contributed by atoms with Gasteiger partial charge >= 0.3 is 5.97 Å². The number of hydrogen-bond acceptors (Lipinski definition) is 4. The van der Waals surface area contributed by atoms with Gasteiger partial charge in [0.1, 0.15) is 0 Å². The first-order valence-electron chi connectivity index (χ1n) is 5.02. The number of nitrogens with zero attached hydrogens (tertiary/aromatic N) is 1. The number of carbonyl (C=O) groups is 1. The summed E-state index contributed by atoms with van der Waals surface area (Å²) in [7, 11) is 1.35. The lowest BCUT2D eigenvalue weighted by Crippen LogP contribution is -2.14. The Morgan fingerprint density at radius 3 is 2.80 bits per heavy atom. The second-order valence-electron chi connectivity index (χ2n) is 3.83. The Bertz CT molecular complexity index is 357. The second kappa shape index (κ2) is 3.98. The van der Waals surface area contributed by atoms with E-state index in [2.05, 4.69) is 9.72 Å². The fourth-order valence-corrected chi connectivity index (χ4v) is 1.54. The van der Waals surface area contributed by atoms with E-state index in [0.29, 0.717) is 11.5 Å². The molecule has 1 aromatic heterocycles. The van der Waals surface area contributed by atoms with E-state index in [1.807, 2.05) is 0 Å². The number of ether oxygens (including phenoxy) is 1. The molecule has 1 aliphatic carbocycles. The van der Waals surface area contributed by atoms with Crippen LogP contribution in [0, 0.1) is 5.92 Å². The second-order valence-corrected chi connectivity index (χ2v) is 3.83. The van der Waals surface area contributed by atoms with Gasteiger partial charge in [0.2, 0.25) is 0 Å². The molecular formula is C11H14N2O2. The summed E-state index contributed by atoms with van der Waals surface area (Å²) in [6.45, 7) is 0. The van der Waals surface area contributed by atoms with E-state index < -0.39 is 0 Å². The fourth-order valence-electron chi connectivity index (χ4n) is 1.54. The first-order chi connectivity index (χ1) is 7.22. The number of carbonyl (C=O) groups excluding carboxylic acids is 1. The lowest BCUT2D eigenvalue weighted by molar-refractivity contribution is 0.0600. The number of rotatable bonds is 3. The van der Waals surface area contributed by atoms with Gasteiger partial charge in [-0.05, 0) is 30.9 Å². The number of hydrogen-bond donors (Lipinski definition) is 1. The molecule has 4 nitrogen and oxygen atoms in total. The highest BCUT2D eigenvalue weighted by Crippen LogP contribution is 2.38. The Labute approximate surface area is 88.4 Å². The highest BCUT2D eigenvalue weighted by Gasteiger charge is 2.30. The van der Waals surface area contributed by atoms with E-state index in [1.165, 1.54) is 26.1 Å². The summed E-state index contributed by atoms with van der Waals surface area (Å²) >= 11 is 0. The predicted molar refractivity (Wildman–Crippen MR) is 55.2 cm³/mol. The highest BCUT2D eigenvalue weighted by molar-refractivity contribution is 5.88. The summed E-state index contributed by atoms with van der Waals surface area (Å²) in [5.41, 5.74) is 7.29. The van der Waals surface area contributed by atoms with Gasteiger partial charge in [-0.15, -0.1) is 0 Å². The van der Waals surface area contributed by atoms with Crippen molar-refractivity contribution in [2.45, 2.75) is 18.9 Å². The summed E-state index contributed by atoms with van der Waals surface area (Å²) in [4.78, 5) is 15.3. The van der Waals surface area contributed by atoms with Gasteiger partial charge in [-0.1, -0.05) is 0 Å². The molecule has 0 aliphatic heterocycles. The van der Waals surface area contributed by atoms with Crippen molar-refractivity contribution in [3.05, 3.63) is 29.6 Å². The van der Waals surface area contributed by atoms with E-state index in [4.69, 9.17) is 5.73 Å². The zero-order valence-corrected chi connectivity index (χ0v) is 8.64. The minimum atomic E-state index is -0.367. The largest absolute Gasteiger partial charge is 0.465 e. The summed E-state index contributed by atoms with van der Waals surface area (Å²) in [6, 6.07) is 3.52. The molecule has 0 aromatic carbocycles. The van der Waals surface area contributed by atoms with Crippen molar-refractivity contribution in [2.75, 3.05) is 7.11 Å². The molecule has 1 aliphatic rings. The Morgan fingerprint density at radius 1 is 1.60 bits per heavy atom. The lowest BCUT2D eigenvalue weighted by atomic mass is 10.1. The minimum Gasteiger partial charge on any atom is -0.465 e. The number of methoxy groups -OCH3 is 1. The molecule has 80 valence electrons. The van der Waals surface area contributed by atoms with Gasteiger partial charge in [-0.25, -0.2) is 4.79 Å². The van der Waals surface area contributed by atoms with E-state index in [9.17, 15) is 4.79 Å². The molecule has 15 heavy (non-hydrogen) atoms. The molecule has 2 rings (SSSR count). The van der Waals surface area contributed by atoms with Gasteiger partial charge in [-0.3, -0.25) is 4.98 Å². The smallest absolute Gasteiger partial charge is 0.339 e. The number of esters is 1. The standard InChI is InChI=1S/C11H14N2O2/c1-15-11(14)8-4-5-9(13-6-8)10(12)7-2-3-7/h4-7,10H,2-3,12H2,1H3/t10-/m1/s1. The molecule has 0 radical (unpaired) electrons. The number of pyridine rings is 1. The summed E-state index contributed by atoms with van der Waals surface area (Å²) < 4.78 is 4.59. The van der Waals surface area contributed by atoms with Gasteiger partial charge < -0.3 is 10.5 Å². The van der Waals surface area contributed by atoms with Crippen LogP contribution in [0.5, 0.6) is 0 Å². The van der Waals surface area contributed by atoms with Crippen LogP contribution >= 0.6 is 0 Å². The number of aromatic nitrogens is 1. The Hall–Kier alpha value is -1.42. The SMILES string of the molecule is COC(=O)c1ccc([C@H](N)C2CC2)nc1. The summed E-state index contributed by atoms with van der Waals surface area (Å²) in [6.07, 6.45) is 3.88. The van der Waals surface area contributed by atoms with Crippen LogP contribution in [0.4, 0.5) is 0 Å². The predicted octanol–water partition coefficient (Wildman–Crippen LogP) is 1.28. The molecule has 4 heteroatoms. The van der Waals surface area contributed by atoms with Crippen LogP contribution < -0.4 is 5.73 Å². The Balaban J connectivity index is 2.12. The topological polar surface area (TPSA) is 65.2 Å². The van der Waals surface area contributed by atoms with Gasteiger partial charge in [-0.2, -0.15) is 0 Å². The zero-order valence-electron chi connectivity index (χ0n) is 8.64. The first kappa shape index (κ1) is 10.1. The van der Waals surface area contributed by atoms with Gasteiger partial charge in [0.25, 0.3) is 0 Å². The molecule has 1 atom stereocenters. The van der Waals surface area contributed by atoms with Gasteiger partial charge in [0.15, 0.2) is 0 Å². The molecular weight excluding hydrogens is 192 g/mol. The van der Waals surface area contributed by atoms with E-state index in [0.717, 1.165) is 5.69 Å². The average Bonchev–Trinajstić information content (AvgIpc) is 3.11. The minimum absolute atomic E-state index is 0.0108. The maximum atomic E-state index is 11.1. The highest BCUT2D eigenvalue weighted by atomic mass is 16.5. The third-order valence-electron chi connectivity index (χ3n) is 2.68. The van der Waals surface area contributed by atoms with Crippen LogP contribution in [0.1, 0.15) is 34.9 Å². The molecule has 0 amide bonds. The molecule has 0 saturated heterocycles. The molecule has 2 N–H and O–H groups in total. The maximum Gasteiger partial charge on any atom is 0.339 e. The van der Waals surface area contributed by atoms with Crippen LogP contribution in [0.3, 0.4) is 0 Å². The maximum absolute atomic E-state index is 11.1. The molecule has 0 bridgehead atoms. The molecule has 1 aromatic rings. The van der Waals surface area contributed by atoms with Gasteiger partial charge in [0, 0.05) is 12.2 Å². The molecule has 0 spiro atoms. The van der Waals surface area contributed by atoms with E-state index in [-0.39, 0.29) is 12.0 Å². The van der Waals surface area contributed by atoms with E-state index >= 15 is 0 Å². The molecule has 1 saturated carbocycles. The third-order valence-corrected chi connectivity index (χ3v) is 2.68. The fraction of sp³-hybridized carbons (Fsp3) is 0.455. The third kappa shape index (κ3) is 2.15. The van der Waals surface area contributed by atoms with Gasteiger partial charge in [0.05, 0.1) is 18.4 Å². The van der Waals surface area contributed by atoms with Crippen LogP contribution in [0.25, 0.3) is 0 Å². The average molecular weight is 206 g/mol. The molecule has 0 unspecified atom stereocenters. The first-order valence-corrected chi connectivity index (χ1v) is 5.02. The van der Waals surface area contributed by atoms with Crippen molar-refractivity contribution in [1.29, 1.82) is 0 Å². The van der Waals surface area contributed by atoms with Crippen LogP contribution in [0.2, 0.25) is 0 Å². The van der Waals surface area contributed by atoms with Crippen molar-refractivity contribution in [1.82, 2.24) is 4.98 Å². The van der Waals surface area contributed by atoms with Crippen molar-refractivity contribution in [2.24, 2.45) is 11.7 Å². The van der Waals surface area contributed by atoms with Crippen molar-refractivity contribution < 1.29 is 9.53 Å². The number of nitrogens with two attached hydrogens (primary N) is 1. The Morgan fingerprint density at radius 2 is 2.33 bits per heavy atom. The Kier molecular flexibility index (Phi) is 2.68. The lowest BCUT2D eigenvalue weighted by Gasteiger charge is -2.09. The molecule has 1 fully saturated rings. The van der Waals surface area contributed by atoms with Crippen LogP contribution in [-0.4, -0.2) is 18.1 Å². The molecule has 1 heterocycles. The quantitative estimate of drug-likeness (QED) is 0.756. The van der Waals surface area contributed by atoms with Crippen LogP contribution in [0.15, 0.2) is 18.3 Å². The van der Waals surface area contributed by atoms with E-state index in [1.54, 1.807) is 12.1 Å². The monoisotopic (exact) mass is 206 g/mol. The van der Waals surface area contributed by atoms with Crippen LogP contribution in [-0.2, 0) is 4.74 Å². The van der Waals surface area contributed by atoms with Crippen molar-refractivity contribution >= 4 is 5.97 Å². The van der Waals surface area contributed by atoms with Crippen molar-refractivity contribution in [3.8, 4) is 0 Å². The summed E-state index contributed by atoms with van der Waals surface area (Å²) in [5, 5.41) is 0.